The lowest BCUT2D eigenvalue weighted by Gasteiger charge is -2.31. The molecule has 0 heterocycles. The Kier molecular flexibility index (Phi) is 9.11. The quantitative estimate of drug-likeness (QED) is 0.531. The molecule has 2 rings (SSSR count). The molecule has 30 heavy (non-hydrogen) atoms. The van der Waals surface area contributed by atoms with Gasteiger partial charge in [-0.2, -0.15) is 0 Å². The standard InChI is InChI=1S/C22H25BrClFN2O3/c1-4-19(22(29)26-14(2)3)27(12-15-5-8-17(25)9-6-15)21(28)13-30-20-10-7-16(24)11-18(20)23/h5-11,14,19H,4,12-13H2,1-3H3,(H,26,29)/t19-/m0/s1. The van der Waals surface area contributed by atoms with E-state index in [2.05, 4.69) is 21.2 Å². The van der Waals surface area contributed by atoms with Gasteiger partial charge in [0.1, 0.15) is 17.6 Å². The molecule has 0 saturated heterocycles. The molecular weight excluding hydrogens is 475 g/mol. The van der Waals surface area contributed by atoms with E-state index in [0.717, 1.165) is 0 Å². The molecule has 0 radical (unpaired) electrons. The fourth-order valence-corrected chi connectivity index (χ4v) is 3.70. The van der Waals surface area contributed by atoms with Gasteiger partial charge in [-0.1, -0.05) is 30.7 Å². The lowest BCUT2D eigenvalue weighted by atomic mass is 10.1. The summed E-state index contributed by atoms with van der Waals surface area (Å²) in [5.41, 5.74) is 0.716. The van der Waals surface area contributed by atoms with Crippen molar-refractivity contribution in [3.8, 4) is 5.75 Å². The lowest BCUT2D eigenvalue weighted by molar-refractivity contribution is -0.143. The van der Waals surface area contributed by atoms with Gasteiger partial charge in [0, 0.05) is 17.6 Å². The molecular formula is C22H25BrClFN2O3. The molecule has 2 amide bonds. The van der Waals surface area contributed by atoms with Gasteiger partial charge in [0.25, 0.3) is 5.91 Å². The minimum absolute atomic E-state index is 0.0596. The molecule has 0 spiro atoms. The van der Waals surface area contributed by atoms with Gasteiger partial charge in [-0.25, -0.2) is 4.39 Å². The summed E-state index contributed by atoms with van der Waals surface area (Å²) >= 11 is 9.29. The number of nitrogens with one attached hydrogen (secondary N) is 1. The van der Waals surface area contributed by atoms with E-state index in [9.17, 15) is 14.0 Å². The van der Waals surface area contributed by atoms with E-state index in [-0.39, 0.29) is 36.8 Å². The highest BCUT2D eigenvalue weighted by atomic mass is 79.9. The van der Waals surface area contributed by atoms with Crippen LogP contribution in [-0.2, 0) is 16.1 Å². The van der Waals surface area contributed by atoms with Gasteiger partial charge in [0.05, 0.1) is 4.47 Å². The molecule has 2 aromatic carbocycles. The average Bonchev–Trinajstić information content (AvgIpc) is 2.68. The highest BCUT2D eigenvalue weighted by Crippen LogP contribution is 2.28. The molecule has 8 heteroatoms. The summed E-state index contributed by atoms with van der Waals surface area (Å²) in [6.07, 6.45) is 0.427. The first-order chi connectivity index (χ1) is 14.2. The monoisotopic (exact) mass is 498 g/mol. The number of benzene rings is 2. The van der Waals surface area contributed by atoms with Crippen LogP contribution in [0.3, 0.4) is 0 Å². The molecule has 1 atom stereocenters. The Hall–Kier alpha value is -2.12. The zero-order chi connectivity index (χ0) is 22.3. The van der Waals surface area contributed by atoms with Gasteiger partial charge in [-0.05, 0) is 72.1 Å². The molecule has 0 saturated carbocycles. The summed E-state index contributed by atoms with van der Waals surface area (Å²) in [6, 6.07) is 10.1. The number of carbonyl (C=O) groups excluding carboxylic acids is 2. The van der Waals surface area contributed by atoms with E-state index in [4.69, 9.17) is 16.3 Å². The van der Waals surface area contributed by atoms with Crippen LogP contribution in [0.1, 0.15) is 32.8 Å². The zero-order valence-corrected chi connectivity index (χ0v) is 19.5. The summed E-state index contributed by atoms with van der Waals surface area (Å²) in [6.45, 7) is 5.46. The first-order valence-electron chi connectivity index (χ1n) is 9.63. The largest absolute Gasteiger partial charge is 0.483 e. The fourth-order valence-electron chi connectivity index (χ4n) is 2.90. The van der Waals surface area contributed by atoms with E-state index in [1.54, 1.807) is 30.3 Å². The number of nitrogens with zero attached hydrogens (tertiary/aromatic N) is 1. The van der Waals surface area contributed by atoms with Crippen molar-refractivity contribution in [2.24, 2.45) is 0 Å². The van der Waals surface area contributed by atoms with Gasteiger partial charge >= 0.3 is 0 Å². The van der Waals surface area contributed by atoms with E-state index in [1.807, 2.05) is 20.8 Å². The first kappa shape index (κ1) is 24.2. The van der Waals surface area contributed by atoms with Gasteiger partial charge in [-0.15, -0.1) is 0 Å². The third kappa shape index (κ3) is 6.99. The van der Waals surface area contributed by atoms with E-state index < -0.39 is 6.04 Å². The van der Waals surface area contributed by atoms with Gasteiger partial charge in [0.2, 0.25) is 5.91 Å². The van der Waals surface area contributed by atoms with Crippen LogP contribution in [0.2, 0.25) is 5.02 Å². The maximum atomic E-state index is 13.3. The van der Waals surface area contributed by atoms with Crippen molar-refractivity contribution in [1.29, 1.82) is 0 Å². The Morgan fingerprint density at radius 3 is 2.43 bits per heavy atom. The highest BCUT2D eigenvalue weighted by Gasteiger charge is 2.29. The zero-order valence-electron chi connectivity index (χ0n) is 17.1. The topological polar surface area (TPSA) is 58.6 Å². The number of amides is 2. The molecule has 1 N–H and O–H groups in total. The van der Waals surface area contributed by atoms with Crippen molar-refractivity contribution >= 4 is 39.3 Å². The molecule has 0 fully saturated rings. The number of halogens is 3. The summed E-state index contributed by atoms with van der Waals surface area (Å²) < 4.78 is 19.6. The Bertz CT molecular complexity index is 877. The molecule has 0 aromatic heterocycles. The van der Waals surface area contributed by atoms with E-state index in [1.165, 1.54) is 17.0 Å². The maximum absolute atomic E-state index is 13.3. The SMILES string of the molecule is CC[C@@H](C(=O)NC(C)C)N(Cc1ccc(F)cc1)C(=O)COc1ccc(Cl)cc1Br. The second-order valence-corrected chi connectivity index (χ2v) is 8.39. The lowest BCUT2D eigenvalue weighted by Crippen LogP contribution is -2.51. The third-order valence-corrected chi connectivity index (χ3v) is 5.18. The second-order valence-electron chi connectivity index (χ2n) is 7.10. The van der Waals surface area contributed by atoms with Crippen LogP contribution >= 0.6 is 27.5 Å². The van der Waals surface area contributed by atoms with Crippen molar-refractivity contribution in [2.75, 3.05) is 6.61 Å². The molecule has 0 bridgehead atoms. The Labute approximate surface area is 189 Å². The highest BCUT2D eigenvalue weighted by molar-refractivity contribution is 9.10. The molecule has 5 nitrogen and oxygen atoms in total. The maximum Gasteiger partial charge on any atom is 0.261 e. The Balaban J connectivity index is 2.22. The molecule has 0 aliphatic rings. The molecule has 2 aromatic rings. The number of rotatable bonds is 9. The first-order valence-corrected chi connectivity index (χ1v) is 10.8. The number of hydrogen-bond acceptors (Lipinski definition) is 3. The number of carbonyl (C=O) groups is 2. The van der Waals surface area contributed by atoms with Crippen LogP contribution in [0.5, 0.6) is 5.75 Å². The van der Waals surface area contributed by atoms with Crippen molar-refractivity contribution in [1.82, 2.24) is 10.2 Å². The van der Waals surface area contributed by atoms with Crippen LogP contribution < -0.4 is 10.1 Å². The fraction of sp³-hybridized carbons (Fsp3) is 0.364. The smallest absolute Gasteiger partial charge is 0.261 e. The van der Waals surface area contributed by atoms with Crippen LogP contribution in [0, 0.1) is 5.82 Å². The minimum Gasteiger partial charge on any atom is -0.483 e. The van der Waals surface area contributed by atoms with Crippen molar-refractivity contribution in [3.63, 3.8) is 0 Å². The normalized spacial score (nSPS) is 11.8. The van der Waals surface area contributed by atoms with Crippen LogP contribution in [0.25, 0.3) is 0 Å². The predicted octanol–water partition coefficient (Wildman–Crippen LogP) is 4.95. The number of ether oxygens (including phenoxy) is 1. The van der Waals surface area contributed by atoms with Crippen LogP contribution in [-0.4, -0.2) is 35.4 Å². The molecule has 0 aliphatic carbocycles. The van der Waals surface area contributed by atoms with Crippen LogP contribution in [0.15, 0.2) is 46.9 Å². The Morgan fingerprint density at radius 2 is 1.87 bits per heavy atom. The summed E-state index contributed by atoms with van der Waals surface area (Å²) in [7, 11) is 0. The van der Waals surface area contributed by atoms with Gasteiger partial charge in [-0.3, -0.25) is 9.59 Å². The molecule has 0 unspecified atom stereocenters. The number of hydrogen-bond donors (Lipinski definition) is 1. The molecule has 162 valence electrons. The van der Waals surface area contributed by atoms with Gasteiger partial charge in [0.15, 0.2) is 6.61 Å². The van der Waals surface area contributed by atoms with Crippen LogP contribution in [0.4, 0.5) is 4.39 Å². The van der Waals surface area contributed by atoms with Crippen molar-refractivity contribution in [3.05, 3.63) is 63.3 Å². The van der Waals surface area contributed by atoms with Crippen molar-refractivity contribution in [2.45, 2.75) is 45.8 Å². The second kappa shape index (κ2) is 11.3. The summed E-state index contributed by atoms with van der Waals surface area (Å²) in [4.78, 5) is 27.2. The molecule has 0 aliphatic heterocycles. The summed E-state index contributed by atoms with van der Waals surface area (Å²) in [5.74, 6) is -0.492. The predicted molar refractivity (Wildman–Crippen MR) is 119 cm³/mol. The third-order valence-electron chi connectivity index (χ3n) is 4.33. The minimum atomic E-state index is -0.679. The summed E-state index contributed by atoms with van der Waals surface area (Å²) in [5, 5.41) is 3.39. The average molecular weight is 500 g/mol. The Morgan fingerprint density at radius 1 is 1.20 bits per heavy atom. The van der Waals surface area contributed by atoms with Crippen molar-refractivity contribution < 1.29 is 18.7 Å². The van der Waals surface area contributed by atoms with E-state index in [0.29, 0.717) is 27.2 Å². The van der Waals surface area contributed by atoms with Gasteiger partial charge < -0.3 is 15.0 Å². The van der Waals surface area contributed by atoms with E-state index >= 15 is 0 Å².